The van der Waals surface area contributed by atoms with Crippen LogP contribution in [0.1, 0.15) is 54.4 Å². The third-order valence-corrected chi connectivity index (χ3v) is 12.6. The van der Waals surface area contributed by atoms with Gasteiger partial charge in [0.15, 0.2) is 0 Å². The minimum absolute atomic E-state index is 0.0479. The fourth-order valence-electron chi connectivity index (χ4n) is 5.09. The summed E-state index contributed by atoms with van der Waals surface area (Å²) in [6.07, 6.45) is 3.00. The molecule has 0 aliphatic rings. The van der Waals surface area contributed by atoms with Crippen molar-refractivity contribution in [2.75, 3.05) is 13.2 Å². The summed E-state index contributed by atoms with van der Waals surface area (Å²) in [5.74, 6) is 0.381. The van der Waals surface area contributed by atoms with Crippen LogP contribution < -0.4 is 15.1 Å². The number of carbonyl (C=O) groups excluding carboxylic acids is 1. The number of hydrogen-bond acceptors (Lipinski definition) is 6. The topological polar surface area (TPSA) is 54.0 Å². The molecule has 3 aromatic rings. The van der Waals surface area contributed by atoms with E-state index < -0.39 is 8.32 Å². The maximum atomic E-state index is 12.1. The molecular weight excluding hydrogens is 561 g/mol. The summed E-state index contributed by atoms with van der Waals surface area (Å²) < 4.78 is 24.5. The van der Waals surface area contributed by atoms with E-state index in [-0.39, 0.29) is 28.3 Å². The van der Waals surface area contributed by atoms with Gasteiger partial charge in [-0.15, -0.1) is 0 Å². The number of esters is 1. The van der Waals surface area contributed by atoms with E-state index in [1.807, 2.05) is 48.5 Å². The van der Waals surface area contributed by atoms with Crippen LogP contribution in [0, 0.1) is 5.92 Å². The molecule has 0 unspecified atom stereocenters. The molecule has 0 radical (unpaired) electrons. The third-order valence-electron chi connectivity index (χ3n) is 7.38. The Morgan fingerprint density at radius 2 is 1.43 bits per heavy atom. The third kappa shape index (κ3) is 8.87. The van der Waals surface area contributed by atoms with Gasteiger partial charge in [-0.2, -0.15) is 0 Å². The molecule has 5 nitrogen and oxygen atoms in total. The monoisotopic (exact) mass is 604 g/mol. The molecule has 0 spiro atoms. The number of rotatable bonds is 13. The van der Waals surface area contributed by atoms with Gasteiger partial charge in [0.25, 0.3) is 8.32 Å². The minimum Gasteiger partial charge on any atom is -0.463 e. The molecule has 7 heteroatoms. The molecule has 0 aromatic heterocycles. The number of benzene rings is 3. The molecule has 0 fully saturated rings. The van der Waals surface area contributed by atoms with Crippen molar-refractivity contribution >= 4 is 42.1 Å². The zero-order valence-electron chi connectivity index (χ0n) is 25.7. The van der Waals surface area contributed by atoms with Crippen molar-refractivity contribution in [3.63, 3.8) is 0 Å². The highest BCUT2D eigenvalue weighted by molar-refractivity contribution is 7.79. The molecule has 3 aromatic carbocycles. The van der Waals surface area contributed by atoms with Crippen LogP contribution >= 0.6 is 12.2 Å². The van der Waals surface area contributed by atoms with E-state index in [0.29, 0.717) is 31.0 Å². The first-order chi connectivity index (χ1) is 20.1. The Kier molecular flexibility index (Phi) is 12.5. The maximum Gasteiger partial charge on any atom is 0.358 e. The van der Waals surface area contributed by atoms with Crippen LogP contribution in [-0.2, 0) is 18.7 Å². The van der Waals surface area contributed by atoms with E-state index in [4.69, 9.17) is 30.9 Å². The van der Waals surface area contributed by atoms with E-state index in [1.54, 1.807) is 13.8 Å². The Hall–Kier alpha value is -3.26. The van der Waals surface area contributed by atoms with Crippen molar-refractivity contribution in [3.8, 4) is 5.75 Å². The Labute approximate surface area is 258 Å². The van der Waals surface area contributed by atoms with Crippen LogP contribution in [0.25, 0.3) is 0 Å². The van der Waals surface area contributed by atoms with Crippen LogP contribution in [0.4, 0.5) is 0 Å². The molecule has 0 aliphatic heterocycles. The maximum absolute atomic E-state index is 12.1. The van der Waals surface area contributed by atoms with Crippen LogP contribution in [-0.4, -0.2) is 38.8 Å². The largest absolute Gasteiger partial charge is 0.463 e. The normalized spacial score (nSPS) is 13.6. The Morgan fingerprint density at radius 3 is 1.93 bits per heavy atom. The van der Waals surface area contributed by atoms with E-state index in [2.05, 4.69) is 76.2 Å². The van der Waals surface area contributed by atoms with Crippen molar-refractivity contribution < 1.29 is 23.4 Å². The Balaban J connectivity index is 1.91. The smallest absolute Gasteiger partial charge is 0.358 e. The highest BCUT2D eigenvalue weighted by atomic mass is 32.1. The zero-order chi connectivity index (χ0) is 30.6. The van der Waals surface area contributed by atoms with Gasteiger partial charge in [-0.25, -0.2) is 4.79 Å². The molecule has 0 saturated carbocycles. The number of allylic oxidation sites excluding steroid dienone is 1. The van der Waals surface area contributed by atoms with Crippen LogP contribution in [0.5, 0.6) is 5.75 Å². The van der Waals surface area contributed by atoms with E-state index in [1.165, 1.54) is 10.4 Å². The molecular formula is C35H44O5SSi. The number of thiocarbonyl (C=S) groups is 1. The summed E-state index contributed by atoms with van der Waals surface area (Å²) in [5, 5.41) is 2.28. The minimum atomic E-state index is -2.79. The number of hydrogen-bond donors (Lipinski definition) is 0. The van der Waals surface area contributed by atoms with Crippen molar-refractivity contribution in [3.05, 3.63) is 103 Å². The predicted molar refractivity (Wildman–Crippen MR) is 177 cm³/mol. The first-order valence-electron chi connectivity index (χ1n) is 14.6. The van der Waals surface area contributed by atoms with E-state index >= 15 is 0 Å². The highest BCUT2D eigenvalue weighted by Gasteiger charge is 2.50. The summed E-state index contributed by atoms with van der Waals surface area (Å²) >= 11 is 5.56. The second kappa shape index (κ2) is 15.8. The summed E-state index contributed by atoms with van der Waals surface area (Å²) in [6.45, 7) is 13.2. The number of ether oxygens (including phenoxy) is 3. The molecule has 0 bridgehead atoms. The Morgan fingerprint density at radius 1 is 0.905 bits per heavy atom. The van der Waals surface area contributed by atoms with Gasteiger partial charge in [0.1, 0.15) is 11.9 Å². The first kappa shape index (κ1) is 33.2. The SMILES string of the molecule is CCOC(=O)/C(C)=C/CC[C@H](C)[C@@H](CO[Si](c1ccccc1)(c1ccccc1)C(C)(C)C)OC(=S)Oc1ccccc1. The number of carbonyl (C=O) groups is 1. The van der Waals surface area contributed by atoms with Gasteiger partial charge in [-0.1, -0.05) is 113 Å². The molecule has 0 aliphatic carbocycles. The van der Waals surface area contributed by atoms with Gasteiger partial charge >= 0.3 is 11.2 Å². The molecule has 3 rings (SSSR count). The van der Waals surface area contributed by atoms with Gasteiger partial charge in [0.05, 0.1) is 13.2 Å². The van der Waals surface area contributed by atoms with E-state index in [0.717, 1.165) is 6.42 Å². The Bertz CT molecular complexity index is 1250. The van der Waals surface area contributed by atoms with Gasteiger partial charge < -0.3 is 18.6 Å². The average molecular weight is 605 g/mol. The second-order valence-corrected chi connectivity index (χ2v) is 16.1. The average Bonchev–Trinajstić information content (AvgIpc) is 2.97. The van der Waals surface area contributed by atoms with Gasteiger partial charge in [-0.05, 0) is 60.2 Å². The summed E-state index contributed by atoms with van der Waals surface area (Å²) in [6, 6.07) is 30.5. The molecule has 2 atom stereocenters. The van der Waals surface area contributed by atoms with Crippen molar-refractivity contribution in [2.24, 2.45) is 5.92 Å². The lowest BCUT2D eigenvalue weighted by Crippen LogP contribution is -2.67. The molecule has 0 amide bonds. The van der Waals surface area contributed by atoms with Gasteiger partial charge in [0, 0.05) is 17.8 Å². The lowest BCUT2D eigenvalue weighted by atomic mass is 9.98. The highest BCUT2D eigenvalue weighted by Crippen LogP contribution is 2.37. The van der Waals surface area contributed by atoms with Gasteiger partial charge in [-0.3, -0.25) is 0 Å². The standard InChI is InChI=1S/C35H44O5SSi/c1-7-37-33(36)28(3)19-17-18-27(2)32(40-34(41)39-29-20-11-8-12-21-29)26-38-42(35(4,5)6,30-22-13-9-14-23-30)31-24-15-10-16-25-31/h8-16,19-25,27,32H,7,17-18,26H2,1-6H3/b28-19+/t27-,32+/m0/s1. The first-order valence-corrected chi connectivity index (χ1v) is 16.9. The van der Waals surface area contributed by atoms with Crippen LogP contribution in [0.3, 0.4) is 0 Å². The van der Waals surface area contributed by atoms with E-state index in [9.17, 15) is 4.79 Å². The van der Waals surface area contributed by atoms with Crippen LogP contribution in [0.2, 0.25) is 5.04 Å². The number of para-hydroxylation sites is 1. The lowest BCUT2D eigenvalue weighted by molar-refractivity contribution is -0.138. The fourth-order valence-corrected chi connectivity index (χ4v) is 9.88. The lowest BCUT2D eigenvalue weighted by Gasteiger charge is -2.44. The van der Waals surface area contributed by atoms with Crippen LogP contribution in [0.15, 0.2) is 103 Å². The molecule has 0 saturated heterocycles. The summed E-state index contributed by atoms with van der Waals surface area (Å²) in [5.41, 5.74) is 0.605. The van der Waals surface area contributed by atoms with Crippen molar-refractivity contribution in [1.82, 2.24) is 0 Å². The predicted octanol–water partition coefficient (Wildman–Crippen LogP) is 7.24. The van der Waals surface area contributed by atoms with Gasteiger partial charge in [0.2, 0.25) is 0 Å². The zero-order valence-corrected chi connectivity index (χ0v) is 27.5. The molecule has 42 heavy (non-hydrogen) atoms. The summed E-state index contributed by atoms with van der Waals surface area (Å²) in [7, 11) is -2.79. The molecule has 224 valence electrons. The quantitative estimate of drug-likeness (QED) is 0.0888. The fraction of sp³-hybridized carbons (Fsp3) is 0.371. The molecule has 0 heterocycles. The van der Waals surface area contributed by atoms with Crippen molar-refractivity contribution in [1.29, 1.82) is 0 Å². The molecule has 0 N–H and O–H groups in total. The summed E-state index contributed by atoms with van der Waals surface area (Å²) in [4.78, 5) is 12.1. The van der Waals surface area contributed by atoms with Crippen molar-refractivity contribution in [2.45, 2.75) is 65.5 Å². The second-order valence-electron chi connectivity index (χ2n) is 11.5.